The number of aryl methyl sites for hydroxylation is 1. The normalized spacial score (nSPS) is 22.1. The van der Waals surface area contributed by atoms with Crippen LogP contribution < -0.4 is 5.32 Å². The Labute approximate surface area is 166 Å². The first-order valence-corrected chi connectivity index (χ1v) is 8.78. The second-order valence-electron chi connectivity index (χ2n) is 6.36. The predicted molar refractivity (Wildman–Crippen MR) is 106 cm³/mol. The molecular weight excluding hydrogens is 435 g/mol. The summed E-state index contributed by atoms with van der Waals surface area (Å²) in [6, 6.07) is 0. The van der Waals surface area contributed by atoms with Gasteiger partial charge >= 0.3 is 0 Å². The molecule has 1 aromatic heterocycles. The second kappa shape index (κ2) is 10.3. The van der Waals surface area contributed by atoms with E-state index in [-0.39, 0.29) is 24.0 Å². The van der Waals surface area contributed by atoms with E-state index in [0.29, 0.717) is 18.8 Å². The molecule has 9 heteroatoms. The van der Waals surface area contributed by atoms with Crippen LogP contribution >= 0.6 is 24.0 Å². The van der Waals surface area contributed by atoms with Crippen molar-refractivity contribution in [3.8, 4) is 0 Å². The van der Waals surface area contributed by atoms with Crippen molar-refractivity contribution in [1.29, 1.82) is 0 Å². The highest BCUT2D eigenvalue weighted by Crippen LogP contribution is 2.17. The van der Waals surface area contributed by atoms with E-state index < -0.39 is 0 Å². The van der Waals surface area contributed by atoms with Crippen molar-refractivity contribution in [3.05, 3.63) is 12.2 Å². The lowest BCUT2D eigenvalue weighted by atomic mass is 10.1. The third-order valence-corrected chi connectivity index (χ3v) is 4.70. The van der Waals surface area contributed by atoms with Gasteiger partial charge in [0.15, 0.2) is 5.96 Å². The lowest BCUT2D eigenvalue weighted by Crippen LogP contribution is -2.47. The number of piperidine rings is 1. The Hall–Kier alpha value is -0.940. The predicted octanol–water partition coefficient (Wildman–Crippen LogP) is 1.17. The van der Waals surface area contributed by atoms with Crippen LogP contribution in [0.25, 0.3) is 0 Å². The zero-order valence-electron chi connectivity index (χ0n) is 15.1. The maximum absolute atomic E-state index is 6.03. The lowest BCUT2D eigenvalue weighted by molar-refractivity contribution is -0.0367. The van der Waals surface area contributed by atoms with Crippen molar-refractivity contribution in [3.63, 3.8) is 0 Å². The molecule has 2 saturated heterocycles. The minimum atomic E-state index is 0. The molecule has 0 bridgehead atoms. The Kier molecular flexibility index (Phi) is 8.37. The maximum Gasteiger partial charge on any atom is 0.194 e. The van der Waals surface area contributed by atoms with Crippen molar-refractivity contribution in [2.75, 3.05) is 33.4 Å². The summed E-state index contributed by atoms with van der Waals surface area (Å²) in [7, 11) is 3.71. The fourth-order valence-corrected chi connectivity index (χ4v) is 3.22. The lowest BCUT2D eigenvalue weighted by Gasteiger charge is -2.34. The molecule has 3 rings (SSSR count). The van der Waals surface area contributed by atoms with E-state index in [2.05, 4.69) is 25.3 Å². The summed E-state index contributed by atoms with van der Waals surface area (Å²) >= 11 is 0. The molecule has 3 heterocycles. The first-order chi connectivity index (χ1) is 11.8. The Morgan fingerprint density at radius 3 is 2.80 bits per heavy atom. The second-order valence-corrected chi connectivity index (χ2v) is 6.36. The van der Waals surface area contributed by atoms with Crippen molar-refractivity contribution in [2.45, 2.75) is 44.4 Å². The van der Waals surface area contributed by atoms with Gasteiger partial charge in [-0.15, -0.1) is 24.0 Å². The van der Waals surface area contributed by atoms with Crippen molar-refractivity contribution < 1.29 is 9.47 Å². The number of aromatic nitrogens is 3. The van der Waals surface area contributed by atoms with Crippen molar-refractivity contribution >= 4 is 29.9 Å². The first-order valence-electron chi connectivity index (χ1n) is 8.78. The number of guanidine groups is 1. The number of nitrogens with one attached hydrogen (secondary N) is 1. The van der Waals surface area contributed by atoms with Gasteiger partial charge in [-0.25, -0.2) is 4.98 Å². The van der Waals surface area contributed by atoms with E-state index in [1.807, 2.05) is 14.1 Å². The monoisotopic (exact) mass is 464 g/mol. The zero-order valence-corrected chi connectivity index (χ0v) is 17.4. The van der Waals surface area contributed by atoms with E-state index in [0.717, 1.165) is 57.3 Å². The molecule has 1 aromatic rings. The third-order valence-electron chi connectivity index (χ3n) is 4.70. The van der Waals surface area contributed by atoms with E-state index in [9.17, 15) is 0 Å². The molecule has 0 aliphatic carbocycles. The smallest absolute Gasteiger partial charge is 0.194 e. The zero-order chi connectivity index (χ0) is 16.8. The quantitative estimate of drug-likeness (QED) is 0.401. The van der Waals surface area contributed by atoms with Gasteiger partial charge < -0.3 is 19.7 Å². The number of hydrogen-bond donors (Lipinski definition) is 1. The fourth-order valence-electron chi connectivity index (χ4n) is 3.22. The summed E-state index contributed by atoms with van der Waals surface area (Å²) in [5, 5.41) is 7.45. The molecule has 1 N–H and O–H groups in total. The minimum Gasteiger partial charge on any atom is -0.376 e. The molecule has 0 radical (unpaired) electrons. The summed E-state index contributed by atoms with van der Waals surface area (Å²) in [6.07, 6.45) is 6.56. The molecular formula is C16H29IN6O2. The van der Waals surface area contributed by atoms with Gasteiger partial charge in [-0.3, -0.25) is 9.67 Å². The van der Waals surface area contributed by atoms with Gasteiger partial charge in [-0.05, 0) is 25.7 Å². The summed E-state index contributed by atoms with van der Waals surface area (Å²) in [6.45, 7) is 4.16. The molecule has 8 nitrogen and oxygen atoms in total. The topological polar surface area (TPSA) is 76.8 Å². The van der Waals surface area contributed by atoms with Gasteiger partial charge in [0, 0.05) is 33.8 Å². The van der Waals surface area contributed by atoms with E-state index >= 15 is 0 Å². The Morgan fingerprint density at radius 1 is 1.40 bits per heavy atom. The first kappa shape index (κ1) is 20.4. The van der Waals surface area contributed by atoms with Crippen LogP contribution in [0.1, 0.15) is 31.5 Å². The molecule has 0 aromatic carbocycles. The van der Waals surface area contributed by atoms with Crippen LogP contribution in [-0.2, 0) is 23.1 Å². The number of hydrogen-bond acceptors (Lipinski definition) is 5. The van der Waals surface area contributed by atoms with Crippen LogP contribution in [0, 0.1) is 0 Å². The molecule has 1 atom stereocenters. The summed E-state index contributed by atoms with van der Waals surface area (Å²) in [5.74, 6) is 1.81. The highest BCUT2D eigenvalue weighted by atomic mass is 127. The Balaban J connectivity index is 0.00000225. The number of rotatable bonds is 5. The number of aliphatic imine (C=N–C) groups is 1. The molecule has 142 valence electrons. The largest absolute Gasteiger partial charge is 0.376 e. The van der Waals surface area contributed by atoms with E-state index in [1.54, 1.807) is 11.0 Å². The van der Waals surface area contributed by atoms with Gasteiger partial charge in [0.1, 0.15) is 12.2 Å². The maximum atomic E-state index is 6.03. The Bertz CT molecular complexity index is 538. The molecule has 0 amide bonds. The molecule has 1 unspecified atom stereocenters. The average molecular weight is 464 g/mol. The number of likely N-dealkylation sites (tertiary alicyclic amines) is 1. The molecule has 25 heavy (non-hydrogen) atoms. The molecule has 0 spiro atoms. The summed E-state index contributed by atoms with van der Waals surface area (Å²) in [4.78, 5) is 10.9. The highest BCUT2D eigenvalue weighted by molar-refractivity contribution is 14.0. The van der Waals surface area contributed by atoms with Crippen LogP contribution in [0.5, 0.6) is 0 Å². The van der Waals surface area contributed by atoms with Crippen LogP contribution in [0.4, 0.5) is 0 Å². The van der Waals surface area contributed by atoms with Gasteiger partial charge in [0.25, 0.3) is 0 Å². The number of halogens is 1. The minimum absolute atomic E-state index is 0. The van der Waals surface area contributed by atoms with Gasteiger partial charge in [-0.1, -0.05) is 0 Å². The van der Waals surface area contributed by atoms with Crippen LogP contribution in [0.2, 0.25) is 0 Å². The molecule has 0 saturated carbocycles. The van der Waals surface area contributed by atoms with Crippen LogP contribution in [0.3, 0.4) is 0 Å². The van der Waals surface area contributed by atoms with Crippen LogP contribution in [0.15, 0.2) is 11.3 Å². The summed E-state index contributed by atoms with van der Waals surface area (Å²) < 4.78 is 13.4. The SMILES string of the molecule is CN=C(NCc1ncnn1C)N1CCC(OCC2CCCO2)CC1.I. The van der Waals surface area contributed by atoms with Crippen molar-refractivity contribution in [1.82, 2.24) is 25.0 Å². The fraction of sp³-hybridized carbons (Fsp3) is 0.812. The molecule has 2 fully saturated rings. The molecule has 2 aliphatic heterocycles. The van der Waals surface area contributed by atoms with Gasteiger partial charge in [-0.2, -0.15) is 5.10 Å². The number of ether oxygens (including phenoxy) is 2. The van der Waals surface area contributed by atoms with E-state index in [4.69, 9.17) is 9.47 Å². The Morgan fingerprint density at radius 2 is 2.20 bits per heavy atom. The third kappa shape index (κ3) is 5.78. The molecule has 2 aliphatic rings. The summed E-state index contributed by atoms with van der Waals surface area (Å²) in [5.41, 5.74) is 0. The highest BCUT2D eigenvalue weighted by Gasteiger charge is 2.24. The van der Waals surface area contributed by atoms with Gasteiger partial charge in [0.2, 0.25) is 0 Å². The van der Waals surface area contributed by atoms with Crippen LogP contribution in [-0.4, -0.2) is 71.2 Å². The van der Waals surface area contributed by atoms with Crippen molar-refractivity contribution in [2.24, 2.45) is 12.0 Å². The average Bonchev–Trinajstić information content (AvgIpc) is 3.26. The number of nitrogens with zero attached hydrogens (tertiary/aromatic N) is 5. The standard InChI is InChI=1S/C16H28N6O2.HI/c1-17-16(18-10-15-19-12-20-21(15)2)22-7-5-13(6-8-22)24-11-14-4-3-9-23-14;/h12-14H,3-11H2,1-2H3,(H,17,18);1H. The van der Waals surface area contributed by atoms with Gasteiger partial charge in [0.05, 0.1) is 25.4 Å². The van der Waals surface area contributed by atoms with E-state index in [1.165, 1.54) is 6.42 Å².